The molecule has 0 unspecified atom stereocenters. The topological polar surface area (TPSA) is 67.4 Å². The number of hydrogen-bond acceptors (Lipinski definition) is 5. The van der Waals surface area contributed by atoms with Crippen LogP contribution in [0.4, 0.5) is 0 Å². The Balaban J connectivity index is 1.78. The summed E-state index contributed by atoms with van der Waals surface area (Å²) in [5.74, 6) is 1.72. The van der Waals surface area contributed by atoms with Gasteiger partial charge in [0.1, 0.15) is 12.4 Å². The van der Waals surface area contributed by atoms with E-state index in [4.69, 9.17) is 14.2 Å². The molecule has 0 amide bonds. The lowest BCUT2D eigenvalue weighted by Gasteiger charge is -2.26. The number of rotatable bonds is 11. The second-order valence-corrected chi connectivity index (χ2v) is 6.42. The summed E-state index contributed by atoms with van der Waals surface area (Å²) in [6.45, 7) is 10.3. The van der Waals surface area contributed by atoms with E-state index in [0.717, 1.165) is 76.2 Å². The lowest BCUT2D eigenvalue weighted by Crippen LogP contribution is -2.38. The van der Waals surface area contributed by atoms with Gasteiger partial charge in [-0.2, -0.15) is 0 Å². The maximum Gasteiger partial charge on any atom is 0.191 e. The second-order valence-electron chi connectivity index (χ2n) is 6.42. The number of aliphatic imine (C=N–C) groups is 1. The summed E-state index contributed by atoms with van der Waals surface area (Å²) >= 11 is 0. The molecule has 1 saturated heterocycles. The minimum Gasteiger partial charge on any atom is -0.492 e. The molecule has 27 heavy (non-hydrogen) atoms. The van der Waals surface area contributed by atoms with Crippen LogP contribution in [0.1, 0.15) is 18.9 Å². The molecule has 0 radical (unpaired) electrons. The fourth-order valence-corrected chi connectivity index (χ4v) is 2.79. The van der Waals surface area contributed by atoms with E-state index >= 15 is 0 Å². The first kappa shape index (κ1) is 21.5. The standard InChI is InChI=1S/C20H34N4O3/c1-3-21-20(22-8-5-12-25-2)23-17-18-6-4-7-19(16-18)27-15-11-24-9-13-26-14-10-24/h4,6-7,16H,3,5,8-15,17H2,1-2H3,(H2,21,22,23). The smallest absolute Gasteiger partial charge is 0.191 e. The molecule has 1 aromatic carbocycles. The van der Waals surface area contributed by atoms with Crippen LogP contribution in [0.5, 0.6) is 5.75 Å². The van der Waals surface area contributed by atoms with Crippen molar-refractivity contribution in [1.29, 1.82) is 0 Å². The van der Waals surface area contributed by atoms with Gasteiger partial charge in [-0.1, -0.05) is 12.1 Å². The van der Waals surface area contributed by atoms with Crippen molar-refractivity contribution in [1.82, 2.24) is 15.5 Å². The zero-order chi connectivity index (χ0) is 19.2. The Bertz CT molecular complexity index is 548. The number of methoxy groups -OCH3 is 1. The first-order valence-corrected chi connectivity index (χ1v) is 9.84. The molecule has 7 nitrogen and oxygen atoms in total. The summed E-state index contributed by atoms with van der Waals surface area (Å²) in [6, 6.07) is 8.17. The Hall–Kier alpha value is -1.83. The van der Waals surface area contributed by atoms with Gasteiger partial charge in [0.05, 0.1) is 19.8 Å². The summed E-state index contributed by atoms with van der Waals surface area (Å²) in [5.41, 5.74) is 1.13. The zero-order valence-electron chi connectivity index (χ0n) is 16.7. The number of morpholine rings is 1. The summed E-state index contributed by atoms with van der Waals surface area (Å²) in [4.78, 5) is 7.02. The average Bonchev–Trinajstić information content (AvgIpc) is 2.70. The first-order chi connectivity index (χ1) is 13.3. The fourth-order valence-electron chi connectivity index (χ4n) is 2.79. The molecule has 0 aromatic heterocycles. The molecule has 2 rings (SSSR count). The SMILES string of the molecule is CCNC(=NCc1cccc(OCCN2CCOCC2)c1)NCCCOC. The lowest BCUT2D eigenvalue weighted by atomic mass is 10.2. The summed E-state index contributed by atoms with van der Waals surface area (Å²) in [7, 11) is 1.72. The van der Waals surface area contributed by atoms with Crippen molar-refractivity contribution < 1.29 is 14.2 Å². The molecule has 0 spiro atoms. The largest absolute Gasteiger partial charge is 0.492 e. The van der Waals surface area contributed by atoms with Gasteiger partial charge in [0, 0.05) is 46.4 Å². The van der Waals surface area contributed by atoms with E-state index in [1.807, 2.05) is 12.1 Å². The molecule has 0 bridgehead atoms. The maximum atomic E-state index is 5.92. The number of nitrogens with zero attached hydrogens (tertiary/aromatic N) is 2. The Kier molecular flexibility index (Phi) is 10.6. The highest BCUT2D eigenvalue weighted by molar-refractivity contribution is 5.79. The van der Waals surface area contributed by atoms with E-state index in [2.05, 4.69) is 39.6 Å². The minimum absolute atomic E-state index is 0.611. The third kappa shape index (κ3) is 9.08. The van der Waals surface area contributed by atoms with Crippen molar-refractivity contribution in [2.75, 3.05) is 66.3 Å². The molecule has 1 aliphatic rings. The first-order valence-electron chi connectivity index (χ1n) is 9.84. The van der Waals surface area contributed by atoms with E-state index in [9.17, 15) is 0 Å². The van der Waals surface area contributed by atoms with Crippen LogP contribution >= 0.6 is 0 Å². The molecule has 1 fully saturated rings. The van der Waals surface area contributed by atoms with Crippen molar-refractivity contribution in [3.05, 3.63) is 29.8 Å². The molecule has 0 atom stereocenters. The van der Waals surface area contributed by atoms with Crippen molar-refractivity contribution in [3.63, 3.8) is 0 Å². The molecule has 0 aliphatic carbocycles. The number of benzene rings is 1. The van der Waals surface area contributed by atoms with Crippen LogP contribution in [0.3, 0.4) is 0 Å². The van der Waals surface area contributed by atoms with Crippen LogP contribution in [0.25, 0.3) is 0 Å². The van der Waals surface area contributed by atoms with Gasteiger partial charge in [0.2, 0.25) is 0 Å². The van der Waals surface area contributed by atoms with Gasteiger partial charge in [0.25, 0.3) is 0 Å². The summed E-state index contributed by atoms with van der Waals surface area (Å²) in [5, 5.41) is 6.59. The van der Waals surface area contributed by atoms with Crippen molar-refractivity contribution in [3.8, 4) is 5.75 Å². The van der Waals surface area contributed by atoms with Crippen LogP contribution in [-0.4, -0.2) is 77.1 Å². The lowest BCUT2D eigenvalue weighted by molar-refractivity contribution is 0.0322. The van der Waals surface area contributed by atoms with E-state index in [-0.39, 0.29) is 0 Å². The maximum absolute atomic E-state index is 5.92. The molecule has 1 heterocycles. The Morgan fingerprint density at radius 3 is 2.85 bits per heavy atom. The summed E-state index contributed by atoms with van der Waals surface area (Å²) < 4.78 is 16.4. The average molecular weight is 379 g/mol. The highest BCUT2D eigenvalue weighted by Gasteiger charge is 2.09. The second kappa shape index (κ2) is 13.4. The predicted molar refractivity (Wildman–Crippen MR) is 109 cm³/mol. The molecular formula is C20H34N4O3. The van der Waals surface area contributed by atoms with Crippen LogP contribution in [0.2, 0.25) is 0 Å². The fraction of sp³-hybridized carbons (Fsp3) is 0.650. The molecular weight excluding hydrogens is 344 g/mol. The van der Waals surface area contributed by atoms with Gasteiger partial charge in [-0.05, 0) is 31.0 Å². The molecule has 2 N–H and O–H groups in total. The van der Waals surface area contributed by atoms with Crippen molar-refractivity contribution >= 4 is 5.96 Å². The van der Waals surface area contributed by atoms with Crippen molar-refractivity contribution in [2.24, 2.45) is 4.99 Å². The quantitative estimate of drug-likeness (QED) is 0.345. The zero-order valence-corrected chi connectivity index (χ0v) is 16.7. The highest BCUT2D eigenvalue weighted by atomic mass is 16.5. The molecule has 1 aliphatic heterocycles. The van der Waals surface area contributed by atoms with Gasteiger partial charge >= 0.3 is 0 Å². The highest BCUT2D eigenvalue weighted by Crippen LogP contribution is 2.14. The normalized spacial score (nSPS) is 15.6. The van der Waals surface area contributed by atoms with Crippen molar-refractivity contribution in [2.45, 2.75) is 19.9 Å². The Morgan fingerprint density at radius 1 is 1.22 bits per heavy atom. The van der Waals surface area contributed by atoms with Crippen LogP contribution in [0.15, 0.2) is 29.3 Å². The van der Waals surface area contributed by atoms with Gasteiger partial charge in [0.15, 0.2) is 5.96 Å². The molecule has 7 heteroatoms. The number of hydrogen-bond donors (Lipinski definition) is 2. The Labute approximate surface area is 163 Å². The Morgan fingerprint density at radius 2 is 2.07 bits per heavy atom. The predicted octanol–water partition coefficient (Wildman–Crippen LogP) is 1.49. The van der Waals surface area contributed by atoms with Gasteiger partial charge in [-0.25, -0.2) is 4.99 Å². The monoisotopic (exact) mass is 378 g/mol. The van der Waals surface area contributed by atoms with Crippen LogP contribution in [-0.2, 0) is 16.0 Å². The van der Waals surface area contributed by atoms with E-state index in [1.54, 1.807) is 7.11 Å². The molecule has 1 aromatic rings. The van der Waals surface area contributed by atoms with Crippen LogP contribution in [0, 0.1) is 0 Å². The van der Waals surface area contributed by atoms with Gasteiger partial charge < -0.3 is 24.8 Å². The van der Waals surface area contributed by atoms with E-state index in [1.165, 1.54) is 0 Å². The summed E-state index contributed by atoms with van der Waals surface area (Å²) in [6.07, 6.45) is 0.952. The molecule has 152 valence electrons. The minimum atomic E-state index is 0.611. The number of nitrogens with one attached hydrogen (secondary N) is 2. The van der Waals surface area contributed by atoms with Gasteiger partial charge in [-0.3, -0.25) is 4.90 Å². The molecule has 0 saturated carbocycles. The third-order valence-electron chi connectivity index (χ3n) is 4.26. The van der Waals surface area contributed by atoms with E-state index in [0.29, 0.717) is 13.2 Å². The third-order valence-corrected chi connectivity index (χ3v) is 4.26. The van der Waals surface area contributed by atoms with Crippen LogP contribution < -0.4 is 15.4 Å². The number of ether oxygens (including phenoxy) is 3. The van der Waals surface area contributed by atoms with E-state index < -0.39 is 0 Å². The van der Waals surface area contributed by atoms with Gasteiger partial charge in [-0.15, -0.1) is 0 Å². The number of guanidine groups is 1.